The molecule has 0 aliphatic carbocycles. The van der Waals surface area contributed by atoms with Crippen LogP contribution in [0.2, 0.25) is 0 Å². The van der Waals surface area contributed by atoms with Crippen LogP contribution in [0.25, 0.3) is 11.4 Å². The molecule has 2 N–H and O–H groups in total. The number of H-pyrrole nitrogens is 1. The molecule has 1 heterocycles. The number of imidazole rings is 1. The molecule has 0 aliphatic rings. The third kappa shape index (κ3) is 4.12. The topological polar surface area (TPSA) is 58.1 Å². The summed E-state index contributed by atoms with van der Waals surface area (Å²) in [5.74, 6) is 0.527. The summed E-state index contributed by atoms with van der Waals surface area (Å²) in [5, 5.41) is 9.30. The van der Waals surface area contributed by atoms with Gasteiger partial charge in [0, 0.05) is 11.8 Å². The van der Waals surface area contributed by atoms with Crippen LogP contribution in [0.5, 0.6) is 5.75 Å². The van der Waals surface area contributed by atoms with E-state index in [1.807, 2.05) is 0 Å². The average molecular weight is 321 g/mol. The van der Waals surface area contributed by atoms with Gasteiger partial charge in [0.05, 0.1) is 5.88 Å². The second-order valence-electron chi connectivity index (χ2n) is 4.28. The van der Waals surface area contributed by atoms with Crippen molar-refractivity contribution in [2.24, 2.45) is 0 Å². The van der Waals surface area contributed by atoms with Gasteiger partial charge in [-0.25, -0.2) is 4.98 Å². The van der Waals surface area contributed by atoms with Crippen molar-refractivity contribution in [2.75, 3.05) is 12.5 Å². The maximum absolute atomic E-state index is 12.5. The maximum Gasteiger partial charge on any atom is 0.434 e. The van der Waals surface area contributed by atoms with E-state index in [2.05, 4.69) is 9.97 Å². The molecule has 1 aromatic heterocycles. The molecule has 0 saturated heterocycles. The fraction of sp³-hybridized carbons (Fsp3) is 0.308. The predicted molar refractivity (Wildman–Crippen MR) is 71.2 cm³/mol. The minimum atomic E-state index is -4.49. The SMILES string of the molecule is OC(CCl)COc1cccc(-c2nc(C(F)(F)F)c[nH]2)c1. The van der Waals surface area contributed by atoms with Gasteiger partial charge in [0.2, 0.25) is 0 Å². The van der Waals surface area contributed by atoms with Gasteiger partial charge in [0.15, 0.2) is 5.69 Å². The first-order valence-electron chi connectivity index (χ1n) is 6.00. The Balaban J connectivity index is 2.15. The summed E-state index contributed by atoms with van der Waals surface area (Å²) >= 11 is 5.44. The highest BCUT2D eigenvalue weighted by Gasteiger charge is 2.33. The molecule has 0 aliphatic heterocycles. The second-order valence-corrected chi connectivity index (χ2v) is 4.59. The highest BCUT2D eigenvalue weighted by atomic mass is 35.5. The van der Waals surface area contributed by atoms with Gasteiger partial charge in [-0.2, -0.15) is 13.2 Å². The average Bonchev–Trinajstić information content (AvgIpc) is 2.95. The Morgan fingerprint density at radius 3 is 2.76 bits per heavy atom. The van der Waals surface area contributed by atoms with Gasteiger partial charge < -0.3 is 14.8 Å². The molecule has 8 heteroatoms. The zero-order valence-corrected chi connectivity index (χ0v) is 11.4. The minimum absolute atomic E-state index is 0.00108. The molecule has 0 bridgehead atoms. The van der Waals surface area contributed by atoms with Crippen LogP contribution in [-0.4, -0.2) is 33.7 Å². The van der Waals surface area contributed by atoms with E-state index < -0.39 is 18.0 Å². The van der Waals surface area contributed by atoms with Crippen molar-refractivity contribution >= 4 is 11.6 Å². The van der Waals surface area contributed by atoms with Gasteiger partial charge in [0.1, 0.15) is 24.3 Å². The third-order valence-corrected chi connectivity index (χ3v) is 2.95. The van der Waals surface area contributed by atoms with Crippen molar-refractivity contribution < 1.29 is 23.0 Å². The first-order chi connectivity index (χ1) is 9.90. The van der Waals surface area contributed by atoms with Crippen LogP contribution in [0.1, 0.15) is 5.69 Å². The molecule has 0 spiro atoms. The molecule has 2 aromatic rings. The van der Waals surface area contributed by atoms with Crippen molar-refractivity contribution in [3.63, 3.8) is 0 Å². The number of nitrogens with one attached hydrogen (secondary N) is 1. The Bertz CT molecular complexity index is 601. The molecule has 0 fully saturated rings. The predicted octanol–water partition coefficient (Wildman–Crippen LogP) is 3.07. The summed E-state index contributed by atoms with van der Waals surface area (Å²) in [7, 11) is 0. The number of aliphatic hydroxyl groups is 1. The van der Waals surface area contributed by atoms with Crippen LogP contribution < -0.4 is 4.74 Å². The van der Waals surface area contributed by atoms with Crippen LogP contribution >= 0.6 is 11.6 Å². The van der Waals surface area contributed by atoms with Crippen LogP contribution in [0.4, 0.5) is 13.2 Å². The van der Waals surface area contributed by atoms with E-state index in [0.29, 0.717) is 11.3 Å². The number of nitrogens with zero attached hydrogens (tertiary/aromatic N) is 1. The first-order valence-corrected chi connectivity index (χ1v) is 6.53. The zero-order valence-electron chi connectivity index (χ0n) is 10.7. The Hall–Kier alpha value is -1.73. The van der Waals surface area contributed by atoms with Gasteiger partial charge >= 0.3 is 6.18 Å². The van der Waals surface area contributed by atoms with Crippen LogP contribution in [0, 0.1) is 0 Å². The molecular weight excluding hydrogens is 309 g/mol. The van der Waals surface area contributed by atoms with Crippen molar-refractivity contribution in [3.05, 3.63) is 36.2 Å². The smallest absolute Gasteiger partial charge is 0.434 e. The summed E-state index contributed by atoms with van der Waals surface area (Å²) in [4.78, 5) is 5.97. The van der Waals surface area contributed by atoms with Crippen molar-refractivity contribution in [1.82, 2.24) is 9.97 Å². The lowest BCUT2D eigenvalue weighted by Crippen LogP contribution is -2.18. The number of aromatic nitrogens is 2. The largest absolute Gasteiger partial charge is 0.491 e. The standard InChI is InChI=1S/C13H12ClF3N2O2/c14-5-9(20)7-21-10-3-1-2-8(4-10)12-18-6-11(19-12)13(15,16)17/h1-4,6,9,20H,5,7H2,(H,18,19). The molecule has 21 heavy (non-hydrogen) atoms. The molecule has 0 saturated carbocycles. The lowest BCUT2D eigenvalue weighted by atomic mass is 10.2. The molecule has 1 unspecified atom stereocenters. The number of hydrogen-bond donors (Lipinski definition) is 2. The monoisotopic (exact) mass is 320 g/mol. The number of rotatable bonds is 5. The third-order valence-electron chi connectivity index (χ3n) is 2.60. The summed E-state index contributed by atoms with van der Waals surface area (Å²) < 4.78 is 42.8. The van der Waals surface area contributed by atoms with Crippen LogP contribution in [-0.2, 0) is 6.18 Å². The Labute approximate surface area is 123 Å². The fourth-order valence-electron chi connectivity index (χ4n) is 1.58. The van der Waals surface area contributed by atoms with E-state index in [4.69, 9.17) is 16.3 Å². The summed E-state index contributed by atoms with van der Waals surface area (Å²) in [6.07, 6.45) is -4.50. The van der Waals surface area contributed by atoms with E-state index in [9.17, 15) is 18.3 Å². The van der Waals surface area contributed by atoms with Crippen LogP contribution in [0.15, 0.2) is 30.5 Å². The molecule has 0 radical (unpaired) electrons. The van der Waals surface area contributed by atoms with Gasteiger partial charge in [-0.1, -0.05) is 12.1 Å². The molecule has 114 valence electrons. The molecular formula is C13H12ClF3N2O2. The maximum atomic E-state index is 12.5. The highest BCUT2D eigenvalue weighted by molar-refractivity contribution is 6.18. The van der Waals surface area contributed by atoms with E-state index in [1.165, 1.54) is 6.07 Å². The summed E-state index contributed by atoms with van der Waals surface area (Å²) in [5.41, 5.74) is -0.537. The fourth-order valence-corrected chi connectivity index (χ4v) is 1.67. The van der Waals surface area contributed by atoms with E-state index in [1.54, 1.807) is 18.2 Å². The lowest BCUT2D eigenvalue weighted by molar-refractivity contribution is -0.140. The van der Waals surface area contributed by atoms with E-state index in [0.717, 1.165) is 6.20 Å². The highest BCUT2D eigenvalue weighted by Crippen LogP contribution is 2.30. The Kier molecular flexibility index (Phi) is 4.74. The van der Waals surface area contributed by atoms with E-state index >= 15 is 0 Å². The van der Waals surface area contributed by atoms with Gasteiger partial charge in [-0.05, 0) is 12.1 Å². The molecule has 4 nitrogen and oxygen atoms in total. The Morgan fingerprint density at radius 2 is 2.14 bits per heavy atom. The second kappa shape index (κ2) is 6.36. The van der Waals surface area contributed by atoms with Crippen molar-refractivity contribution in [1.29, 1.82) is 0 Å². The number of halogens is 4. The zero-order chi connectivity index (χ0) is 15.5. The quantitative estimate of drug-likeness (QED) is 0.832. The molecule has 1 aromatic carbocycles. The van der Waals surface area contributed by atoms with Crippen molar-refractivity contribution in [2.45, 2.75) is 12.3 Å². The van der Waals surface area contributed by atoms with Gasteiger partial charge in [0.25, 0.3) is 0 Å². The first kappa shape index (κ1) is 15.7. The lowest BCUT2D eigenvalue weighted by Gasteiger charge is -2.10. The van der Waals surface area contributed by atoms with Crippen molar-refractivity contribution in [3.8, 4) is 17.1 Å². The normalized spacial score (nSPS) is 13.2. The van der Waals surface area contributed by atoms with Gasteiger partial charge in [-0.15, -0.1) is 11.6 Å². The van der Waals surface area contributed by atoms with E-state index in [-0.39, 0.29) is 18.3 Å². The number of ether oxygens (including phenoxy) is 1. The molecule has 0 amide bonds. The molecule has 2 rings (SSSR count). The number of hydrogen-bond acceptors (Lipinski definition) is 3. The Morgan fingerprint density at radius 1 is 1.38 bits per heavy atom. The van der Waals surface area contributed by atoms with Gasteiger partial charge in [-0.3, -0.25) is 0 Å². The number of aliphatic hydroxyl groups excluding tert-OH is 1. The number of aromatic amines is 1. The molecule has 1 atom stereocenters. The summed E-state index contributed by atoms with van der Waals surface area (Å²) in [6, 6.07) is 6.37. The number of benzene rings is 1. The van der Waals surface area contributed by atoms with Crippen LogP contribution in [0.3, 0.4) is 0 Å². The summed E-state index contributed by atoms with van der Waals surface area (Å²) in [6.45, 7) is -0.00108. The number of alkyl halides is 4. The minimum Gasteiger partial charge on any atom is -0.491 e.